The van der Waals surface area contributed by atoms with Crippen molar-refractivity contribution in [3.05, 3.63) is 58.1 Å². The number of benzene rings is 2. The lowest BCUT2D eigenvalue weighted by Gasteiger charge is -2.08. The van der Waals surface area contributed by atoms with Crippen LogP contribution in [0.1, 0.15) is 42.1 Å². The molecule has 0 heterocycles. The number of carbonyl (C=O) groups is 2. The quantitative estimate of drug-likeness (QED) is 0.620. The lowest BCUT2D eigenvalue weighted by molar-refractivity contribution is -0.116. The summed E-state index contributed by atoms with van der Waals surface area (Å²) in [6.45, 7) is 4.65. The van der Waals surface area contributed by atoms with Gasteiger partial charge in [-0.2, -0.15) is 0 Å². The largest absolute Gasteiger partial charge is 0.494 e. The first-order valence-corrected chi connectivity index (χ1v) is 9.11. The first-order valence-electron chi connectivity index (χ1n) is 8.31. The first kappa shape index (κ1) is 19.2. The van der Waals surface area contributed by atoms with Crippen LogP contribution < -0.4 is 10.1 Å². The fourth-order valence-corrected chi connectivity index (χ4v) is 2.52. The van der Waals surface area contributed by atoms with Crippen molar-refractivity contribution in [2.75, 3.05) is 11.9 Å². The Bertz CT molecular complexity index is 741. The second-order valence-electron chi connectivity index (χ2n) is 5.81. The van der Waals surface area contributed by atoms with Gasteiger partial charge in [0.25, 0.3) is 0 Å². The summed E-state index contributed by atoms with van der Waals surface area (Å²) in [5.74, 6) is 0.531. The summed E-state index contributed by atoms with van der Waals surface area (Å²) in [5, 5.41) is 2.82. The number of hydrogen-bond acceptors (Lipinski definition) is 3. The molecule has 0 aliphatic carbocycles. The fraction of sp³-hybridized carbons (Fsp3) is 0.300. The van der Waals surface area contributed by atoms with Crippen molar-refractivity contribution in [3.63, 3.8) is 0 Å². The van der Waals surface area contributed by atoms with Gasteiger partial charge in [-0.15, -0.1) is 0 Å². The number of ketones is 1. The third-order valence-corrected chi connectivity index (χ3v) is 4.56. The molecule has 0 atom stereocenters. The third kappa shape index (κ3) is 6.02. The Balaban J connectivity index is 1.84. The molecule has 2 rings (SSSR count). The van der Waals surface area contributed by atoms with E-state index in [4.69, 9.17) is 4.74 Å². The Morgan fingerprint density at radius 2 is 1.80 bits per heavy atom. The molecule has 1 N–H and O–H groups in total. The van der Waals surface area contributed by atoms with Crippen LogP contribution in [0.15, 0.2) is 46.9 Å². The molecule has 0 aliphatic heterocycles. The molecule has 1 amide bonds. The van der Waals surface area contributed by atoms with E-state index in [0.29, 0.717) is 12.2 Å². The minimum absolute atomic E-state index is 0.0517. The zero-order chi connectivity index (χ0) is 18.2. The van der Waals surface area contributed by atoms with Crippen LogP contribution in [0.4, 0.5) is 5.69 Å². The summed E-state index contributed by atoms with van der Waals surface area (Å²) in [7, 11) is 0. The van der Waals surface area contributed by atoms with Crippen LogP contribution in [0.25, 0.3) is 0 Å². The molecule has 0 saturated heterocycles. The number of anilines is 1. The predicted octanol–water partition coefficient (Wildman–Crippen LogP) is 5.15. The van der Waals surface area contributed by atoms with Crippen LogP contribution in [-0.4, -0.2) is 18.3 Å². The Morgan fingerprint density at radius 1 is 1.08 bits per heavy atom. The second kappa shape index (κ2) is 9.37. The van der Waals surface area contributed by atoms with Crippen LogP contribution in [-0.2, 0) is 4.79 Å². The van der Waals surface area contributed by atoms with E-state index in [1.807, 2.05) is 32.0 Å². The van der Waals surface area contributed by atoms with Gasteiger partial charge in [-0.05, 0) is 61.4 Å². The van der Waals surface area contributed by atoms with Crippen molar-refractivity contribution in [1.29, 1.82) is 0 Å². The minimum atomic E-state index is -0.169. The van der Waals surface area contributed by atoms with E-state index in [2.05, 4.69) is 21.2 Å². The van der Waals surface area contributed by atoms with Crippen LogP contribution in [0.2, 0.25) is 0 Å². The highest BCUT2D eigenvalue weighted by Gasteiger charge is 2.10. The smallest absolute Gasteiger partial charge is 0.224 e. The maximum Gasteiger partial charge on any atom is 0.224 e. The van der Waals surface area contributed by atoms with Gasteiger partial charge in [-0.25, -0.2) is 0 Å². The molecule has 132 valence electrons. The number of carbonyl (C=O) groups excluding carboxylic acids is 2. The number of halogens is 1. The van der Waals surface area contributed by atoms with Gasteiger partial charge < -0.3 is 10.1 Å². The highest BCUT2D eigenvalue weighted by Crippen LogP contribution is 2.20. The molecular weight excluding hydrogens is 382 g/mol. The molecule has 2 aromatic rings. The topological polar surface area (TPSA) is 55.4 Å². The summed E-state index contributed by atoms with van der Waals surface area (Å²) in [6, 6.07) is 12.6. The predicted molar refractivity (Wildman–Crippen MR) is 103 cm³/mol. The maximum absolute atomic E-state index is 12.2. The van der Waals surface area contributed by atoms with Crippen LogP contribution >= 0.6 is 15.9 Å². The summed E-state index contributed by atoms with van der Waals surface area (Å²) >= 11 is 3.42. The molecule has 2 aromatic carbocycles. The molecule has 0 spiro atoms. The van der Waals surface area contributed by atoms with Gasteiger partial charge in [0.05, 0.1) is 6.61 Å². The van der Waals surface area contributed by atoms with E-state index in [0.717, 1.165) is 27.9 Å². The SMILES string of the molecule is CCCOc1ccc(C(=O)CCC(=O)Nc2ccc(Br)c(C)c2)cc1. The molecule has 0 aliphatic rings. The van der Waals surface area contributed by atoms with Gasteiger partial charge in [-0.1, -0.05) is 22.9 Å². The molecule has 0 unspecified atom stereocenters. The Kier molecular flexibility index (Phi) is 7.19. The van der Waals surface area contributed by atoms with Gasteiger partial charge in [0, 0.05) is 28.6 Å². The molecule has 5 heteroatoms. The number of nitrogens with one attached hydrogen (secondary N) is 1. The number of rotatable bonds is 8. The van der Waals surface area contributed by atoms with E-state index >= 15 is 0 Å². The first-order chi connectivity index (χ1) is 12.0. The van der Waals surface area contributed by atoms with E-state index in [9.17, 15) is 9.59 Å². The van der Waals surface area contributed by atoms with Crippen molar-refractivity contribution < 1.29 is 14.3 Å². The highest BCUT2D eigenvalue weighted by atomic mass is 79.9. The number of aryl methyl sites for hydroxylation is 1. The molecule has 0 bridgehead atoms. The van der Waals surface area contributed by atoms with Gasteiger partial charge in [0.15, 0.2) is 5.78 Å². The Labute approximate surface area is 156 Å². The lowest BCUT2D eigenvalue weighted by atomic mass is 10.1. The van der Waals surface area contributed by atoms with Gasteiger partial charge >= 0.3 is 0 Å². The summed E-state index contributed by atoms with van der Waals surface area (Å²) in [6.07, 6.45) is 1.27. The Hall–Kier alpha value is -2.14. The van der Waals surface area contributed by atoms with Gasteiger partial charge in [0.2, 0.25) is 5.91 Å². The van der Waals surface area contributed by atoms with Crippen LogP contribution in [0, 0.1) is 6.92 Å². The zero-order valence-corrected chi connectivity index (χ0v) is 16.1. The minimum Gasteiger partial charge on any atom is -0.494 e. The van der Waals surface area contributed by atoms with Crippen molar-refractivity contribution in [2.45, 2.75) is 33.1 Å². The summed E-state index contributed by atoms with van der Waals surface area (Å²) in [5.41, 5.74) is 2.37. The van der Waals surface area contributed by atoms with E-state index in [1.54, 1.807) is 24.3 Å². The summed E-state index contributed by atoms with van der Waals surface area (Å²) < 4.78 is 6.49. The molecule has 0 fully saturated rings. The molecule has 0 aromatic heterocycles. The monoisotopic (exact) mass is 403 g/mol. The molecule has 0 saturated carbocycles. The zero-order valence-electron chi connectivity index (χ0n) is 14.5. The van der Waals surface area contributed by atoms with Crippen LogP contribution in [0.3, 0.4) is 0 Å². The van der Waals surface area contributed by atoms with E-state index in [1.165, 1.54) is 0 Å². The van der Waals surface area contributed by atoms with E-state index < -0.39 is 0 Å². The Morgan fingerprint density at radius 3 is 2.44 bits per heavy atom. The van der Waals surface area contributed by atoms with Gasteiger partial charge in [-0.3, -0.25) is 9.59 Å². The number of hydrogen-bond donors (Lipinski definition) is 1. The normalized spacial score (nSPS) is 10.4. The molecular formula is C20H22BrNO3. The van der Waals surface area contributed by atoms with Crippen molar-refractivity contribution in [1.82, 2.24) is 0 Å². The van der Waals surface area contributed by atoms with Gasteiger partial charge in [0.1, 0.15) is 5.75 Å². The summed E-state index contributed by atoms with van der Waals surface area (Å²) in [4.78, 5) is 24.2. The average molecular weight is 404 g/mol. The van der Waals surface area contributed by atoms with E-state index in [-0.39, 0.29) is 24.5 Å². The van der Waals surface area contributed by atoms with Crippen molar-refractivity contribution in [3.8, 4) is 5.75 Å². The maximum atomic E-state index is 12.2. The molecule has 4 nitrogen and oxygen atoms in total. The van der Waals surface area contributed by atoms with Crippen molar-refractivity contribution in [2.24, 2.45) is 0 Å². The average Bonchev–Trinajstić information content (AvgIpc) is 2.61. The second-order valence-corrected chi connectivity index (χ2v) is 6.66. The van der Waals surface area contributed by atoms with Crippen molar-refractivity contribution >= 4 is 33.3 Å². The fourth-order valence-electron chi connectivity index (χ4n) is 2.27. The molecule has 25 heavy (non-hydrogen) atoms. The number of Topliss-reactive ketones (excluding diaryl/α,β-unsaturated/α-hetero) is 1. The number of ether oxygens (including phenoxy) is 1. The third-order valence-electron chi connectivity index (χ3n) is 3.67. The van der Waals surface area contributed by atoms with Crippen LogP contribution in [0.5, 0.6) is 5.75 Å². The highest BCUT2D eigenvalue weighted by molar-refractivity contribution is 9.10. The lowest BCUT2D eigenvalue weighted by Crippen LogP contribution is -2.13. The number of amides is 1. The molecule has 0 radical (unpaired) electrons. The standard InChI is InChI=1S/C20H22BrNO3/c1-3-12-25-17-7-4-15(5-8-17)19(23)10-11-20(24)22-16-6-9-18(21)14(2)13-16/h4-9,13H,3,10-12H2,1-2H3,(H,22,24).